The van der Waals surface area contributed by atoms with E-state index in [1.54, 1.807) is 0 Å². The summed E-state index contributed by atoms with van der Waals surface area (Å²) < 4.78 is 10.9. The third-order valence-electron chi connectivity index (χ3n) is 7.21. The molecule has 2 aromatic rings. The number of ether oxygens (including phenoxy) is 1. The smallest absolute Gasteiger partial charge is 0.258 e. The minimum atomic E-state index is -0.0378. The van der Waals surface area contributed by atoms with Crippen LogP contribution in [0.2, 0.25) is 0 Å². The Balaban J connectivity index is 1.15. The SMILES string of the molecule is C[C@@H](NC(=O)COc1ccc(-c2nnco2)cc1)C12CC3CC(CC(C3)C1)C2. The Morgan fingerprint density at radius 3 is 2.39 bits per heavy atom. The summed E-state index contributed by atoms with van der Waals surface area (Å²) >= 11 is 0. The van der Waals surface area contributed by atoms with E-state index in [4.69, 9.17) is 9.15 Å². The van der Waals surface area contributed by atoms with Crippen LogP contribution >= 0.6 is 0 Å². The number of nitrogens with zero attached hydrogens (tertiary/aromatic N) is 2. The molecule has 1 N–H and O–H groups in total. The summed E-state index contributed by atoms with van der Waals surface area (Å²) in [6, 6.07) is 7.54. The van der Waals surface area contributed by atoms with Gasteiger partial charge in [-0.1, -0.05) is 0 Å². The van der Waals surface area contributed by atoms with Crippen molar-refractivity contribution in [1.29, 1.82) is 0 Å². The van der Waals surface area contributed by atoms with Gasteiger partial charge in [0.15, 0.2) is 6.61 Å². The molecule has 28 heavy (non-hydrogen) atoms. The van der Waals surface area contributed by atoms with E-state index in [1.165, 1.54) is 44.9 Å². The van der Waals surface area contributed by atoms with Crippen LogP contribution in [-0.2, 0) is 4.79 Å². The molecule has 4 saturated carbocycles. The van der Waals surface area contributed by atoms with Gasteiger partial charge in [-0.05, 0) is 92.9 Å². The van der Waals surface area contributed by atoms with Crippen molar-refractivity contribution in [3.63, 3.8) is 0 Å². The van der Waals surface area contributed by atoms with Gasteiger partial charge in [0.25, 0.3) is 5.91 Å². The van der Waals surface area contributed by atoms with Crippen LogP contribution in [0.3, 0.4) is 0 Å². The molecule has 6 rings (SSSR count). The van der Waals surface area contributed by atoms with Crippen LogP contribution in [0.15, 0.2) is 35.1 Å². The number of hydrogen-bond donors (Lipinski definition) is 1. The summed E-state index contributed by atoms with van der Waals surface area (Å²) in [7, 11) is 0. The third kappa shape index (κ3) is 3.29. The predicted octanol–water partition coefficient (Wildman–Crippen LogP) is 3.84. The van der Waals surface area contributed by atoms with Gasteiger partial charge >= 0.3 is 0 Å². The first-order valence-electron chi connectivity index (χ1n) is 10.4. The maximum absolute atomic E-state index is 12.5. The molecule has 1 aromatic carbocycles. The van der Waals surface area contributed by atoms with E-state index in [-0.39, 0.29) is 18.6 Å². The summed E-state index contributed by atoms with van der Waals surface area (Å²) in [5.74, 6) is 3.75. The first-order valence-corrected chi connectivity index (χ1v) is 10.4. The van der Waals surface area contributed by atoms with E-state index in [9.17, 15) is 4.79 Å². The van der Waals surface area contributed by atoms with Crippen LogP contribution in [-0.4, -0.2) is 28.8 Å². The molecule has 1 amide bonds. The summed E-state index contributed by atoms with van der Waals surface area (Å²) in [6.45, 7) is 2.24. The number of carbonyl (C=O) groups excluding carboxylic acids is 1. The quantitative estimate of drug-likeness (QED) is 0.823. The van der Waals surface area contributed by atoms with Gasteiger partial charge in [0, 0.05) is 11.6 Å². The molecule has 6 nitrogen and oxygen atoms in total. The van der Waals surface area contributed by atoms with Gasteiger partial charge in [-0.15, -0.1) is 10.2 Å². The van der Waals surface area contributed by atoms with E-state index in [1.807, 2.05) is 24.3 Å². The molecular formula is C22H27N3O3. The summed E-state index contributed by atoms with van der Waals surface area (Å²) in [6.07, 6.45) is 9.43. The molecular weight excluding hydrogens is 354 g/mol. The Morgan fingerprint density at radius 1 is 1.18 bits per heavy atom. The lowest BCUT2D eigenvalue weighted by atomic mass is 9.48. The van der Waals surface area contributed by atoms with Gasteiger partial charge in [0.05, 0.1) is 0 Å². The Bertz CT molecular complexity index is 796. The number of hydrogen-bond acceptors (Lipinski definition) is 5. The van der Waals surface area contributed by atoms with E-state index in [0.717, 1.165) is 23.3 Å². The second-order valence-electron chi connectivity index (χ2n) is 9.13. The molecule has 0 radical (unpaired) electrons. The lowest BCUT2D eigenvalue weighted by Crippen LogP contribution is -2.56. The van der Waals surface area contributed by atoms with E-state index in [2.05, 4.69) is 22.4 Å². The fourth-order valence-electron chi connectivity index (χ4n) is 6.29. The fourth-order valence-corrected chi connectivity index (χ4v) is 6.29. The number of nitrogens with one attached hydrogen (secondary N) is 1. The van der Waals surface area contributed by atoms with Gasteiger partial charge in [-0.3, -0.25) is 4.79 Å². The first-order chi connectivity index (χ1) is 13.6. The Hall–Kier alpha value is -2.37. The van der Waals surface area contributed by atoms with Crippen molar-refractivity contribution in [2.75, 3.05) is 6.61 Å². The van der Waals surface area contributed by atoms with Gasteiger partial charge in [0.1, 0.15) is 5.75 Å². The highest BCUT2D eigenvalue weighted by atomic mass is 16.5. The van der Waals surface area contributed by atoms with Crippen molar-refractivity contribution in [2.24, 2.45) is 23.2 Å². The molecule has 0 spiro atoms. The molecule has 4 fully saturated rings. The zero-order valence-corrected chi connectivity index (χ0v) is 16.3. The number of amides is 1. The molecule has 4 aliphatic carbocycles. The lowest BCUT2D eigenvalue weighted by Gasteiger charge is -2.59. The number of rotatable bonds is 6. The first kappa shape index (κ1) is 17.7. The Labute approximate surface area is 165 Å². The second-order valence-corrected chi connectivity index (χ2v) is 9.13. The summed E-state index contributed by atoms with van der Waals surface area (Å²) in [5, 5.41) is 10.8. The van der Waals surface area contributed by atoms with Crippen LogP contribution in [0.25, 0.3) is 11.5 Å². The van der Waals surface area contributed by atoms with E-state index < -0.39 is 0 Å². The molecule has 6 heteroatoms. The van der Waals surface area contributed by atoms with Crippen molar-refractivity contribution >= 4 is 5.91 Å². The van der Waals surface area contributed by atoms with Gasteiger partial charge in [-0.25, -0.2) is 0 Å². The van der Waals surface area contributed by atoms with Crippen molar-refractivity contribution in [2.45, 2.75) is 51.5 Å². The monoisotopic (exact) mass is 381 g/mol. The number of carbonyl (C=O) groups is 1. The van der Waals surface area contributed by atoms with Crippen molar-refractivity contribution < 1.29 is 13.9 Å². The molecule has 148 valence electrons. The van der Waals surface area contributed by atoms with E-state index >= 15 is 0 Å². The highest BCUT2D eigenvalue weighted by molar-refractivity contribution is 5.78. The molecule has 1 aromatic heterocycles. The topological polar surface area (TPSA) is 77.2 Å². The standard InChI is InChI=1S/C22H27N3O3/c1-14(22-9-15-6-16(10-22)8-17(7-15)11-22)24-20(26)12-27-19-4-2-18(3-5-19)21-25-23-13-28-21/h2-5,13-17H,6-12H2,1H3,(H,24,26)/t14-,15?,16?,17?,22?/m1/s1. The van der Waals surface area contributed by atoms with Crippen LogP contribution in [0.5, 0.6) is 5.75 Å². The number of aromatic nitrogens is 2. The molecule has 4 bridgehead atoms. The predicted molar refractivity (Wildman–Crippen MR) is 103 cm³/mol. The fraction of sp³-hybridized carbons (Fsp3) is 0.591. The van der Waals surface area contributed by atoms with Crippen LogP contribution in [0.4, 0.5) is 0 Å². The highest BCUT2D eigenvalue weighted by Crippen LogP contribution is 2.61. The van der Waals surface area contributed by atoms with Crippen molar-refractivity contribution in [1.82, 2.24) is 15.5 Å². The van der Waals surface area contributed by atoms with Gasteiger partial charge in [0.2, 0.25) is 12.3 Å². The van der Waals surface area contributed by atoms with Gasteiger partial charge < -0.3 is 14.5 Å². The lowest BCUT2D eigenvalue weighted by molar-refractivity contribution is -0.127. The molecule has 4 aliphatic rings. The largest absolute Gasteiger partial charge is 0.484 e. The van der Waals surface area contributed by atoms with Gasteiger partial charge in [-0.2, -0.15) is 0 Å². The normalized spacial score (nSPS) is 31.5. The van der Waals surface area contributed by atoms with E-state index in [0.29, 0.717) is 17.1 Å². The zero-order valence-electron chi connectivity index (χ0n) is 16.3. The number of benzene rings is 1. The summed E-state index contributed by atoms with van der Waals surface area (Å²) in [5.41, 5.74) is 1.14. The molecule has 0 aliphatic heterocycles. The molecule has 1 atom stereocenters. The third-order valence-corrected chi connectivity index (χ3v) is 7.21. The maximum Gasteiger partial charge on any atom is 0.258 e. The Kier molecular flexibility index (Phi) is 4.37. The molecule has 1 heterocycles. The minimum Gasteiger partial charge on any atom is -0.484 e. The minimum absolute atomic E-state index is 0.0378. The zero-order chi connectivity index (χ0) is 19.1. The van der Waals surface area contributed by atoms with Crippen molar-refractivity contribution in [3.05, 3.63) is 30.7 Å². The Morgan fingerprint density at radius 2 is 1.82 bits per heavy atom. The van der Waals surface area contributed by atoms with Crippen LogP contribution in [0, 0.1) is 23.2 Å². The molecule has 0 saturated heterocycles. The maximum atomic E-state index is 12.5. The van der Waals surface area contributed by atoms with Crippen LogP contribution in [0.1, 0.15) is 45.4 Å². The van der Waals surface area contributed by atoms with Crippen LogP contribution < -0.4 is 10.1 Å². The second kappa shape index (κ2) is 6.90. The molecule has 0 unspecified atom stereocenters. The highest BCUT2D eigenvalue weighted by Gasteiger charge is 2.53. The average Bonchev–Trinajstić information content (AvgIpc) is 3.20. The average molecular weight is 381 g/mol. The van der Waals surface area contributed by atoms with Crippen molar-refractivity contribution in [3.8, 4) is 17.2 Å². The summed E-state index contributed by atoms with van der Waals surface area (Å²) in [4.78, 5) is 12.5.